The Hall–Kier alpha value is -1.30. The molecular weight excluding hydrogens is 316 g/mol. The van der Waals surface area contributed by atoms with Crippen LogP contribution >= 0.6 is 0 Å². The molecule has 25 heavy (non-hydrogen) atoms. The Bertz CT molecular complexity index is 544. The highest BCUT2D eigenvalue weighted by Gasteiger charge is 2.36. The molecule has 1 aromatic rings. The summed E-state index contributed by atoms with van der Waals surface area (Å²) in [6, 6.07) is 6.89. The average molecular weight is 351 g/mol. The zero-order valence-corrected chi connectivity index (χ0v) is 16.0. The predicted molar refractivity (Wildman–Crippen MR) is 97.7 cm³/mol. The molecule has 1 heterocycles. The maximum atomic E-state index is 5.78. The summed E-state index contributed by atoms with van der Waals surface area (Å²) >= 11 is 0. The van der Waals surface area contributed by atoms with Gasteiger partial charge in [-0.05, 0) is 25.0 Å². The molecule has 0 spiro atoms. The van der Waals surface area contributed by atoms with Crippen LogP contribution in [0.2, 0.25) is 0 Å². The minimum Gasteiger partial charge on any atom is -0.493 e. The second-order valence-electron chi connectivity index (χ2n) is 7.40. The van der Waals surface area contributed by atoms with Crippen molar-refractivity contribution in [3.8, 4) is 11.5 Å². The smallest absolute Gasteiger partial charge is 0.169 e. The fraction of sp³-hybridized carbons (Fsp3) is 0.700. The molecule has 2 atom stereocenters. The van der Waals surface area contributed by atoms with E-state index in [2.05, 4.69) is 12.1 Å². The Kier molecular flexibility index (Phi) is 6.57. The monoisotopic (exact) mass is 350 g/mol. The van der Waals surface area contributed by atoms with Crippen LogP contribution in [-0.2, 0) is 11.3 Å². The lowest BCUT2D eigenvalue weighted by Crippen LogP contribution is -3.29. The fourth-order valence-electron chi connectivity index (χ4n) is 4.68. The summed E-state index contributed by atoms with van der Waals surface area (Å²) in [6.07, 6.45) is 5.72. The molecule has 3 rings (SSSR count). The maximum Gasteiger partial charge on any atom is 0.169 e. The van der Waals surface area contributed by atoms with Crippen molar-refractivity contribution in [3.05, 3.63) is 23.8 Å². The molecular formula is C20H34N2O3+2. The molecule has 1 aliphatic heterocycles. The van der Waals surface area contributed by atoms with Crippen LogP contribution in [-0.4, -0.2) is 59.7 Å². The van der Waals surface area contributed by atoms with Gasteiger partial charge in [-0.25, -0.2) is 0 Å². The summed E-state index contributed by atoms with van der Waals surface area (Å²) in [4.78, 5) is 3.40. The summed E-state index contributed by atoms with van der Waals surface area (Å²) in [7, 11) is 5.32. The number of nitrogens with one attached hydrogen (secondary N) is 2. The number of hydrogen-bond donors (Lipinski definition) is 2. The topological polar surface area (TPSA) is 36.6 Å². The van der Waals surface area contributed by atoms with Crippen LogP contribution in [0.4, 0.5) is 0 Å². The van der Waals surface area contributed by atoms with Gasteiger partial charge >= 0.3 is 0 Å². The summed E-state index contributed by atoms with van der Waals surface area (Å²) in [6.45, 7) is 5.91. The Balaban J connectivity index is 1.58. The zero-order chi connectivity index (χ0) is 17.6. The quantitative estimate of drug-likeness (QED) is 0.755. The molecule has 1 aromatic carbocycles. The van der Waals surface area contributed by atoms with Gasteiger partial charge < -0.3 is 24.0 Å². The molecule has 1 saturated carbocycles. The first-order valence-electron chi connectivity index (χ1n) is 9.67. The minimum absolute atomic E-state index is 0.462. The molecule has 2 unspecified atom stereocenters. The number of benzene rings is 1. The number of para-hydroxylation sites is 1. The molecule has 0 bridgehead atoms. The van der Waals surface area contributed by atoms with E-state index in [0.29, 0.717) is 12.1 Å². The first-order chi connectivity index (χ1) is 12.3. The summed E-state index contributed by atoms with van der Waals surface area (Å²) in [5, 5.41) is 0. The van der Waals surface area contributed by atoms with Crippen molar-refractivity contribution in [2.75, 3.05) is 47.5 Å². The lowest BCUT2D eigenvalue weighted by atomic mass is 9.90. The lowest BCUT2D eigenvalue weighted by Gasteiger charge is -2.39. The van der Waals surface area contributed by atoms with Gasteiger partial charge in [0.1, 0.15) is 44.9 Å². The van der Waals surface area contributed by atoms with Crippen molar-refractivity contribution < 1.29 is 24.0 Å². The number of ether oxygens (including phenoxy) is 3. The van der Waals surface area contributed by atoms with Crippen LogP contribution in [0.5, 0.6) is 11.5 Å². The third-order valence-corrected chi connectivity index (χ3v) is 6.05. The van der Waals surface area contributed by atoms with E-state index in [1.807, 2.05) is 13.2 Å². The minimum atomic E-state index is 0.462. The van der Waals surface area contributed by atoms with Gasteiger partial charge in [-0.15, -0.1) is 0 Å². The van der Waals surface area contributed by atoms with E-state index in [1.54, 1.807) is 24.0 Å². The van der Waals surface area contributed by atoms with Crippen molar-refractivity contribution in [2.24, 2.45) is 0 Å². The second kappa shape index (κ2) is 8.88. The Labute approximate surface area is 151 Å². The molecule has 2 N–H and O–H groups in total. The number of hydrogen-bond acceptors (Lipinski definition) is 3. The first-order valence-corrected chi connectivity index (χ1v) is 9.67. The van der Waals surface area contributed by atoms with Crippen LogP contribution < -0.4 is 19.3 Å². The van der Waals surface area contributed by atoms with Crippen molar-refractivity contribution in [1.29, 1.82) is 0 Å². The second-order valence-corrected chi connectivity index (χ2v) is 7.40. The summed E-state index contributed by atoms with van der Waals surface area (Å²) < 4.78 is 16.8. The van der Waals surface area contributed by atoms with Crippen LogP contribution in [0.3, 0.4) is 0 Å². The van der Waals surface area contributed by atoms with Gasteiger partial charge in [-0.2, -0.15) is 0 Å². The molecule has 140 valence electrons. The molecule has 1 aliphatic carbocycles. The van der Waals surface area contributed by atoms with Crippen LogP contribution in [0.15, 0.2) is 18.2 Å². The molecule has 1 saturated heterocycles. The van der Waals surface area contributed by atoms with E-state index in [4.69, 9.17) is 14.2 Å². The van der Waals surface area contributed by atoms with E-state index < -0.39 is 0 Å². The van der Waals surface area contributed by atoms with E-state index in [9.17, 15) is 0 Å². The summed E-state index contributed by atoms with van der Waals surface area (Å²) in [5.41, 5.74) is 1.24. The van der Waals surface area contributed by atoms with Crippen LogP contribution in [0.1, 0.15) is 31.2 Å². The standard InChI is InChI=1S/C20H32N2O3/c1-23-18-9-5-4-8-17(18)22-13-11-21(12-14-22)15-16-7-6-10-19(24-2)20(16)25-3/h6-7,10,17-18H,4-5,8-9,11-15H2,1-3H3/p+2. The number of methoxy groups -OCH3 is 3. The van der Waals surface area contributed by atoms with Crippen LogP contribution in [0.25, 0.3) is 0 Å². The predicted octanol–water partition coefficient (Wildman–Crippen LogP) is -0.0552. The molecule has 0 aromatic heterocycles. The number of quaternary nitrogens is 2. The van der Waals surface area contributed by atoms with Crippen LogP contribution in [0, 0.1) is 0 Å². The highest BCUT2D eigenvalue weighted by molar-refractivity contribution is 5.46. The zero-order valence-electron chi connectivity index (χ0n) is 16.0. The van der Waals surface area contributed by atoms with Gasteiger partial charge in [-0.1, -0.05) is 12.5 Å². The van der Waals surface area contributed by atoms with E-state index >= 15 is 0 Å². The highest BCUT2D eigenvalue weighted by atomic mass is 16.5. The van der Waals surface area contributed by atoms with E-state index in [-0.39, 0.29) is 0 Å². The van der Waals surface area contributed by atoms with E-state index in [0.717, 1.165) is 18.0 Å². The largest absolute Gasteiger partial charge is 0.493 e. The number of rotatable bonds is 6. The average Bonchev–Trinajstić information content (AvgIpc) is 2.68. The molecule has 5 nitrogen and oxygen atoms in total. The molecule has 2 fully saturated rings. The molecule has 5 heteroatoms. The van der Waals surface area contributed by atoms with Gasteiger partial charge in [0.2, 0.25) is 0 Å². The molecule has 0 radical (unpaired) electrons. The lowest BCUT2D eigenvalue weighted by molar-refractivity contribution is -1.03. The summed E-state index contributed by atoms with van der Waals surface area (Å²) in [5.74, 6) is 1.72. The third-order valence-electron chi connectivity index (χ3n) is 6.05. The van der Waals surface area contributed by atoms with Crippen molar-refractivity contribution in [3.63, 3.8) is 0 Å². The molecule has 2 aliphatic rings. The highest BCUT2D eigenvalue weighted by Crippen LogP contribution is 2.30. The van der Waals surface area contributed by atoms with Gasteiger partial charge in [0.15, 0.2) is 11.5 Å². The van der Waals surface area contributed by atoms with Crippen molar-refractivity contribution >= 4 is 0 Å². The van der Waals surface area contributed by atoms with Gasteiger partial charge in [-0.3, -0.25) is 0 Å². The Morgan fingerprint density at radius 2 is 1.72 bits per heavy atom. The fourth-order valence-corrected chi connectivity index (χ4v) is 4.68. The SMILES string of the molecule is COc1cccc(C[NH+]2CC[NH+](C3CCCCC3OC)CC2)c1OC. The number of piperazine rings is 1. The van der Waals surface area contributed by atoms with E-state index in [1.165, 1.54) is 57.4 Å². The normalized spacial score (nSPS) is 30.0. The maximum absolute atomic E-state index is 5.78. The molecule has 0 amide bonds. The Morgan fingerprint density at radius 1 is 0.960 bits per heavy atom. The van der Waals surface area contributed by atoms with Gasteiger partial charge in [0.05, 0.1) is 19.8 Å². The van der Waals surface area contributed by atoms with Crippen molar-refractivity contribution in [1.82, 2.24) is 0 Å². The van der Waals surface area contributed by atoms with Gasteiger partial charge in [0.25, 0.3) is 0 Å². The Morgan fingerprint density at radius 3 is 2.40 bits per heavy atom. The van der Waals surface area contributed by atoms with Crippen molar-refractivity contribution in [2.45, 2.75) is 44.4 Å². The van der Waals surface area contributed by atoms with Gasteiger partial charge in [0, 0.05) is 13.5 Å². The third kappa shape index (κ3) is 4.27. The first kappa shape index (κ1) is 18.5.